The van der Waals surface area contributed by atoms with Gasteiger partial charge in [0.1, 0.15) is 5.58 Å². The molecule has 0 radical (unpaired) electrons. The second-order valence-corrected chi connectivity index (χ2v) is 16.1. The number of hydrogen-bond acceptors (Lipinski definition) is 5. The zero-order chi connectivity index (χ0) is 37.5. The molecule has 12 rings (SSSR count). The average molecular weight is 753 g/mol. The van der Waals surface area contributed by atoms with Crippen molar-refractivity contribution >= 4 is 75.3 Å². The number of aromatic nitrogens is 1. The molecule has 3 aromatic heterocycles. The molecule has 11 aromatic rings. The van der Waals surface area contributed by atoms with Gasteiger partial charge >= 0.3 is 0 Å². The van der Waals surface area contributed by atoms with Gasteiger partial charge in [-0.2, -0.15) is 0 Å². The molecule has 0 spiro atoms. The molecule has 0 amide bonds. The summed E-state index contributed by atoms with van der Waals surface area (Å²) in [6.45, 7) is 0. The third-order valence-corrected chi connectivity index (χ3v) is 12.9. The molecule has 3 N–H and O–H groups in total. The van der Waals surface area contributed by atoms with Crippen molar-refractivity contribution in [3.8, 4) is 16.8 Å². The second-order valence-electron chi connectivity index (χ2n) is 15.0. The van der Waals surface area contributed by atoms with Crippen LogP contribution in [-0.4, -0.2) is 4.57 Å². The molecule has 1 aliphatic heterocycles. The lowest BCUT2D eigenvalue weighted by atomic mass is 10.00. The van der Waals surface area contributed by atoms with Gasteiger partial charge in [0.05, 0.1) is 35.2 Å². The first-order valence-electron chi connectivity index (χ1n) is 19.5. The Hall–Kier alpha value is -6.54. The lowest BCUT2D eigenvalue weighted by Gasteiger charge is -2.39. The van der Waals surface area contributed by atoms with Crippen LogP contribution in [0.2, 0.25) is 0 Å². The molecule has 8 aromatic carbocycles. The molecule has 2 atom stereocenters. The lowest BCUT2D eigenvalue weighted by Crippen LogP contribution is -2.54. The van der Waals surface area contributed by atoms with E-state index in [9.17, 15) is 0 Å². The fraction of sp³-hybridized carbons (Fsp3) is 0.0588. The molecule has 1 saturated heterocycles. The molecular formula is C51H36N4OS. The van der Waals surface area contributed by atoms with Gasteiger partial charge in [-0.05, 0) is 76.3 Å². The average Bonchev–Trinajstić information content (AvgIpc) is 3.95. The predicted molar refractivity (Wildman–Crippen MR) is 237 cm³/mol. The minimum atomic E-state index is -0.0428. The van der Waals surface area contributed by atoms with Crippen LogP contribution < -0.4 is 16.0 Å². The van der Waals surface area contributed by atoms with E-state index in [1.54, 1.807) is 0 Å². The molecule has 1 aliphatic rings. The first-order valence-corrected chi connectivity index (χ1v) is 20.3. The van der Waals surface area contributed by atoms with Gasteiger partial charge in [-0.3, -0.25) is 16.0 Å². The molecule has 2 unspecified atom stereocenters. The van der Waals surface area contributed by atoms with Crippen LogP contribution in [0.3, 0.4) is 0 Å². The van der Waals surface area contributed by atoms with E-state index in [1.807, 2.05) is 11.3 Å². The highest BCUT2D eigenvalue weighted by molar-refractivity contribution is 7.25. The summed E-state index contributed by atoms with van der Waals surface area (Å²) in [6.07, 6.45) is -0.0553. The van der Waals surface area contributed by atoms with Crippen LogP contribution in [0.1, 0.15) is 35.2 Å². The van der Waals surface area contributed by atoms with E-state index in [4.69, 9.17) is 4.42 Å². The van der Waals surface area contributed by atoms with Crippen molar-refractivity contribution in [3.05, 3.63) is 199 Å². The summed E-state index contributed by atoms with van der Waals surface area (Å²) in [5, 5.41) is 18.7. The molecule has 6 heteroatoms. The fourth-order valence-electron chi connectivity index (χ4n) is 8.99. The van der Waals surface area contributed by atoms with Gasteiger partial charge < -0.3 is 8.98 Å². The third-order valence-electron chi connectivity index (χ3n) is 11.7. The van der Waals surface area contributed by atoms with Crippen LogP contribution in [0.25, 0.3) is 80.7 Å². The summed E-state index contributed by atoms with van der Waals surface area (Å²) >= 11 is 1.86. The number of nitrogens with zero attached hydrogens (tertiary/aromatic N) is 1. The van der Waals surface area contributed by atoms with Crippen LogP contribution >= 0.6 is 11.3 Å². The van der Waals surface area contributed by atoms with E-state index in [-0.39, 0.29) is 18.5 Å². The van der Waals surface area contributed by atoms with E-state index < -0.39 is 0 Å². The summed E-state index contributed by atoms with van der Waals surface area (Å²) in [4.78, 5) is 0. The molecular weight excluding hydrogens is 717 g/mol. The Morgan fingerprint density at radius 2 is 0.982 bits per heavy atom. The molecule has 5 nitrogen and oxygen atoms in total. The van der Waals surface area contributed by atoms with E-state index >= 15 is 0 Å². The lowest BCUT2D eigenvalue weighted by molar-refractivity contribution is 0.203. The maximum absolute atomic E-state index is 6.70. The van der Waals surface area contributed by atoms with Crippen molar-refractivity contribution in [1.29, 1.82) is 0 Å². The topological polar surface area (TPSA) is 54.2 Å². The zero-order valence-corrected chi connectivity index (χ0v) is 31.6. The quantitative estimate of drug-likeness (QED) is 0.164. The standard InChI is InChI=1S/C51H36N4OS/c1-3-12-31(13-4-1)49-52-50(32-14-5-2-6-15-32)54-51(53-49)35-22-25-38-41-29-34(24-27-46(41)57-47(38)30-35)33-23-26-45-40(28-33)39-18-11-21-44(48(39)56-45)55-42-19-9-7-16-36(42)37-17-8-10-20-43(37)55/h1-30,49-54H. The number of benzene rings is 8. The minimum absolute atomic E-state index is 0.00625. The highest BCUT2D eigenvalue weighted by atomic mass is 32.1. The molecule has 57 heavy (non-hydrogen) atoms. The first-order chi connectivity index (χ1) is 28.2. The van der Waals surface area contributed by atoms with E-state index in [2.05, 4.69) is 203 Å². The van der Waals surface area contributed by atoms with Gasteiger partial charge in [0.25, 0.3) is 0 Å². The molecule has 0 aliphatic carbocycles. The van der Waals surface area contributed by atoms with Crippen molar-refractivity contribution in [2.24, 2.45) is 0 Å². The molecule has 0 bridgehead atoms. The Labute approximate surface area is 332 Å². The molecule has 272 valence electrons. The fourth-order valence-corrected chi connectivity index (χ4v) is 10.1. The highest BCUT2D eigenvalue weighted by Crippen LogP contribution is 2.41. The van der Waals surface area contributed by atoms with E-state index in [0.717, 1.165) is 27.6 Å². The summed E-state index contributed by atoms with van der Waals surface area (Å²) in [6, 6.07) is 65.5. The van der Waals surface area contributed by atoms with Crippen LogP contribution in [0.4, 0.5) is 0 Å². The summed E-state index contributed by atoms with van der Waals surface area (Å²) in [5.41, 5.74) is 11.2. The summed E-state index contributed by atoms with van der Waals surface area (Å²) in [5.74, 6) is 0. The summed E-state index contributed by atoms with van der Waals surface area (Å²) < 4.78 is 11.6. The second kappa shape index (κ2) is 13.0. The van der Waals surface area contributed by atoms with E-state index in [0.29, 0.717) is 0 Å². The molecule has 1 fully saturated rings. The van der Waals surface area contributed by atoms with Gasteiger partial charge in [0.2, 0.25) is 0 Å². The first kappa shape index (κ1) is 32.7. The number of thiophene rings is 1. The van der Waals surface area contributed by atoms with Gasteiger partial charge in [0.15, 0.2) is 5.58 Å². The number of rotatable bonds is 5. The van der Waals surface area contributed by atoms with Crippen molar-refractivity contribution in [3.63, 3.8) is 0 Å². The maximum atomic E-state index is 6.70. The number of nitrogens with one attached hydrogen (secondary N) is 3. The Balaban J connectivity index is 0.914. The number of hydrogen-bond donors (Lipinski definition) is 3. The normalized spacial score (nSPS) is 17.4. The van der Waals surface area contributed by atoms with Gasteiger partial charge in [-0.15, -0.1) is 11.3 Å². The van der Waals surface area contributed by atoms with Crippen LogP contribution in [0.15, 0.2) is 186 Å². The zero-order valence-electron chi connectivity index (χ0n) is 30.8. The number of para-hydroxylation sites is 3. The smallest absolute Gasteiger partial charge is 0.159 e. The predicted octanol–water partition coefficient (Wildman–Crippen LogP) is 12.9. The van der Waals surface area contributed by atoms with Crippen molar-refractivity contribution < 1.29 is 4.42 Å². The van der Waals surface area contributed by atoms with Crippen LogP contribution in [-0.2, 0) is 0 Å². The van der Waals surface area contributed by atoms with Crippen molar-refractivity contribution in [2.45, 2.75) is 18.5 Å². The highest BCUT2D eigenvalue weighted by Gasteiger charge is 2.30. The van der Waals surface area contributed by atoms with Gasteiger partial charge in [0, 0.05) is 41.7 Å². The monoisotopic (exact) mass is 752 g/mol. The molecule has 0 saturated carbocycles. The Morgan fingerprint density at radius 1 is 0.404 bits per heavy atom. The van der Waals surface area contributed by atoms with E-state index in [1.165, 1.54) is 69.8 Å². The Bertz CT molecular complexity index is 3210. The molecule has 4 heterocycles. The van der Waals surface area contributed by atoms with Crippen LogP contribution in [0.5, 0.6) is 0 Å². The van der Waals surface area contributed by atoms with Gasteiger partial charge in [-0.1, -0.05) is 133 Å². The third kappa shape index (κ3) is 5.34. The van der Waals surface area contributed by atoms with Gasteiger partial charge in [-0.25, -0.2) is 0 Å². The van der Waals surface area contributed by atoms with Crippen LogP contribution in [0, 0.1) is 0 Å². The largest absolute Gasteiger partial charge is 0.454 e. The maximum Gasteiger partial charge on any atom is 0.159 e. The summed E-state index contributed by atoms with van der Waals surface area (Å²) in [7, 11) is 0. The van der Waals surface area contributed by atoms with Crippen molar-refractivity contribution in [1.82, 2.24) is 20.5 Å². The SMILES string of the molecule is c1ccc(C2NC(c3ccccc3)NC(c3ccc4c(c3)sc3ccc(-c5ccc6oc7c(-n8c9ccccc9c9ccccc98)cccc7c6c5)cc34)N2)cc1. The number of fused-ring (bicyclic) bond motifs is 9. The number of furan rings is 1. The van der Waals surface area contributed by atoms with Crippen molar-refractivity contribution in [2.75, 3.05) is 0 Å². The Morgan fingerprint density at radius 3 is 1.67 bits per heavy atom. The Kier molecular flexibility index (Phi) is 7.46. The minimum Gasteiger partial charge on any atom is -0.454 e.